The van der Waals surface area contributed by atoms with Crippen LogP contribution in [0.15, 0.2) is 54.6 Å². The number of rotatable bonds is 9. The Morgan fingerprint density at radius 1 is 0.703 bits per heavy atom. The Bertz CT molecular complexity index is 1220. The van der Waals surface area contributed by atoms with Gasteiger partial charge >= 0.3 is 0 Å². The topological polar surface area (TPSA) is 69.7 Å². The summed E-state index contributed by atoms with van der Waals surface area (Å²) in [7, 11) is 7.98. The smallest absolute Gasteiger partial charge is 0.227 e. The molecule has 0 spiro atoms. The van der Waals surface area contributed by atoms with E-state index in [4.69, 9.17) is 23.7 Å². The maximum atomic E-state index is 13.0. The number of piperazine rings is 1. The number of methoxy groups -OCH3 is 5. The number of nitrogens with zero attached hydrogens (tertiary/aromatic N) is 2. The van der Waals surface area contributed by atoms with Crippen LogP contribution < -0.4 is 28.6 Å². The highest BCUT2D eigenvalue weighted by Gasteiger charge is 2.24. The number of para-hydroxylation sites is 2. The highest BCUT2D eigenvalue weighted by atomic mass is 16.5. The molecule has 196 valence electrons. The van der Waals surface area contributed by atoms with Crippen molar-refractivity contribution in [3.8, 4) is 39.9 Å². The zero-order valence-corrected chi connectivity index (χ0v) is 22.1. The van der Waals surface area contributed by atoms with Crippen LogP contribution in [-0.2, 0) is 11.2 Å². The summed E-state index contributed by atoms with van der Waals surface area (Å²) in [4.78, 5) is 17.2. The molecule has 0 atom stereocenters. The third-order valence-corrected chi connectivity index (χ3v) is 6.67. The van der Waals surface area contributed by atoms with Gasteiger partial charge in [-0.15, -0.1) is 0 Å². The summed E-state index contributed by atoms with van der Waals surface area (Å²) in [6.45, 7) is 2.90. The molecule has 37 heavy (non-hydrogen) atoms. The van der Waals surface area contributed by atoms with Gasteiger partial charge in [0.2, 0.25) is 17.4 Å². The number of hydrogen-bond donors (Lipinski definition) is 0. The van der Waals surface area contributed by atoms with Gasteiger partial charge in [0.1, 0.15) is 5.75 Å². The lowest BCUT2D eigenvalue weighted by molar-refractivity contribution is -0.130. The van der Waals surface area contributed by atoms with Crippen LogP contribution in [0.1, 0.15) is 5.56 Å². The Labute approximate surface area is 218 Å². The van der Waals surface area contributed by atoms with Gasteiger partial charge in [0.05, 0.1) is 47.7 Å². The predicted molar refractivity (Wildman–Crippen MR) is 144 cm³/mol. The summed E-state index contributed by atoms with van der Waals surface area (Å²) in [5.74, 6) is 3.01. The lowest BCUT2D eigenvalue weighted by Crippen LogP contribution is -2.49. The maximum absolute atomic E-state index is 13.0. The Morgan fingerprint density at radius 2 is 1.32 bits per heavy atom. The van der Waals surface area contributed by atoms with Gasteiger partial charge in [-0.1, -0.05) is 36.4 Å². The molecule has 1 heterocycles. The minimum absolute atomic E-state index is 0.123. The second-order valence-corrected chi connectivity index (χ2v) is 8.64. The number of carbonyl (C=O) groups excluding carboxylic acids is 1. The van der Waals surface area contributed by atoms with Crippen molar-refractivity contribution in [1.29, 1.82) is 0 Å². The second kappa shape index (κ2) is 11.8. The molecule has 1 fully saturated rings. The predicted octanol–water partition coefficient (Wildman–Crippen LogP) is 4.29. The van der Waals surface area contributed by atoms with Crippen LogP contribution in [0.5, 0.6) is 28.7 Å². The van der Waals surface area contributed by atoms with Crippen molar-refractivity contribution < 1.29 is 28.5 Å². The lowest BCUT2D eigenvalue weighted by Gasteiger charge is -2.36. The molecule has 0 unspecified atom stereocenters. The molecule has 3 aromatic rings. The van der Waals surface area contributed by atoms with Gasteiger partial charge in [-0.2, -0.15) is 0 Å². The third-order valence-electron chi connectivity index (χ3n) is 6.67. The maximum Gasteiger partial charge on any atom is 0.227 e. The standard InChI is InChI=1S/C29H34N2O6/c1-33-24-9-7-6-8-23(24)30-14-16-31(17-15-30)26(32)18-20-10-12-21(13-11-20)22-19-25(34-2)28(36-4)29(37-5)27(22)35-3/h6-13,19H,14-18H2,1-5H3. The largest absolute Gasteiger partial charge is 0.495 e. The quantitative estimate of drug-likeness (QED) is 0.429. The zero-order chi connectivity index (χ0) is 26.4. The summed E-state index contributed by atoms with van der Waals surface area (Å²) in [5.41, 5.74) is 3.74. The van der Waals surface area contributed by atoms with Gasteiger partial charge in [0.15, 0.2) is 11.5 Å². The molecule has 0 bridgehead atoms. The van der Waals surface area contributed by atoms with Gasteiger partial charge < -0.3 is 33.5 Å². The Hall–Kier alpha value is -4.07. The number of carbonyl (C=O) groups is 1. The molecular formula is C29H34N2O6. The average molecular weight is 507 g/mol. The van der Waals surface area contributed by atoms with E-state index in [0.717, 1.165) is 41.2 Å². The molecule has 1 aliphatic heterocycles. The average Bonchev–Trinajstić information content (AvgIpc) is 2.96. The highest BCUT2D eigenvalue weighted by molar-refractivity contribution is 5.81. The van der Waals surface area contributed by atoms with Crippen molar-refractivity contribution in [2.45, 2.75) is 6.42 Å². The van der Waals surface area contributed by atoms with E-state index in [-0.39, 0.29) is 5.91 Å². The van der Waals surface area contributed by atoms with Crippen LogP contribution >= 0.6 is 0 Å². The first kappa shape index (κ1) is 26.0. The fraction of sp³-hybridized carbons (Fsp3) is 0.345. The molecule has 8 nitrogen and oxygen atoms in total. The minimum atomic E-state index is 0.123. The van der Waals surface area contributed by atoms with Crippen molar-refractivity contribution in [1.82, 2.24) is 4.90 Å². The van der Waals surface area contributed by atoms with Crippen LogP contribution in [0, 0.1) is 0 Å². The van der Waals surface area contributed by atoms with E-state index in [1.165, 1.54) is 0 Å². The SMILES string of the molecule is COc1ccccc1N1CCN(C(=O)Cc2ccc(-c3cc(OC)c(OC)c(OC)c3OC)cc2)CC1. The number of amides is 1. The van der Waals surface area contributed by atoms with E-state index in [1.54, 1.807) is 35.5 Å². The molecule has 0 N–H and O–H groups in total. The van der Waals surface area contributed by atoms with E-state index in [9.17, 15) is 4.79 Å². The number of benzene rings is 3. The molecule has 1 saturated heterocycles. The summed E-state index contributed by atoms with van der Waals surface area (Å²) in [6, 6.07) is 17.8. The first-order valence-corrected chi connectivity index (χ1v) is 12.2. The van der Waals surface area contributed by atoms with Crippen molar-refractivity contribution in [3.05, 3.63) is 60.2 Å². The summed E-state index contributed by atoms with van der Waals surface area (Å²) in [5, 5.41) is 0. The molecule has 4 rings (SSSR count). The number of ether oxygens (including phenoxy) is 5. The zero-order valence-electron chi connectivity index (χ0n) is 22.1. The Balaban J connectivity index is 1.45. The van der Waals surface area contributed by atoms with Crippen LogP contribution in [0.4, 0.5) is 5.69 Å². The molecule has 0 radical (unpaired) electrons. The Morgan fingerprint density at radius 3 is 1.92 bits per heavy atom. The number of hydrogen-bond acceptors (Lipinski definition) is 7. The van der Waals surface area contributed by atoms with Gasteiger partial charge in [-0.25, -0.2) is 0 Å². The van der Waals surface area contributed by atoms with E-state index in [0.29, 0.717) is 42.5 Å². The van der Waals surface area contributed by atoms with Crippen molar-refractivity contribution in [3.63, 3.8) is 0 Å². The fourth-order valence-electron chi connectivity index (χ4n) is 4.72. The van der Waals surface area contributed by atoms with Crippen LogP contribution in [0.25, 0.3) is 11.1 Å². The molecule has 3 aromatic carbocycles. The lowest BCUT2D eigenvalue weighted by atomic mass is 10.00. The molecule has 0 saturated carbocycles. The minimum Gasteiger partial charge on any atom is -0.495 e. The normalized spacial score (nSPS) is 13.2. The number of anilines is 1. The van der Waals surface area contributed by atoms with Crippen LogP contribution in [0.3, 0.4) is 0 Å². The molecule has 0 aromatic heterocycles. The van der Waals surface area contributed by atoms with Gasteiger partial charge in [0.25, 0.3) is 0 Å². The van der Waals surface area contributed by atoms with Gasteiger partial charge in [-0.05, 0) is 29.3 Å². The summed E-state index contributed by atoms with van der Waals surface area (Å²) >= 11 is 0. The first-order valence-electron chi connectivity index (χ1n) is 12.2. The van der Waals surface area contributed by atoms with Crippen LogP contribution in [0.2, 0.25) is 0 Å². The van der Waals surface area contributed by atoms with E-state index in [2.05, 4.69) is 11.0 Å². The van der Waals surface area contributed by atoms with E-state index >= 15 is 0 Å². The molecule has 8 heteroatoms. The fourth-order valence-corrected chi connectivity index (χ4v) is 4.72. The molecule has 0 aliphatic carbocycles. The summed E-state index contributed by atoms with van der Waals surface area (Å²) in [6.07, 6.45) is 0.349. The van der Waals surface area contributed by atoms with E-state index in [1.807, 2.05) is 53.4 Å². The van der Waals surface area contributed by atoms with E-state index < -0.39 is 0 Å². The van der Waals surface area contributed by atoms with Gasteiger partial charge in [-0.3, -0.25) is 4.79 Å². The monoisotopic (exact) mass is 506 g/mol. The Kier molecular flexibility index (Phi) is 8.28. The first-order chi connectivity index (χ1) is 18.0. The highest BCUT2D eigenvalue weighted by Crippen LogP contribution is 2.50. The van der Waals surface area contributed by atoms with Gasteiger partial charge in [0, 0.05) is 31.7 Å². The van der Waals surface area contributed by atoms with Crippen molar-refractivity contribution >= 4 is 11.6 Å². The molecule has 1 aliphatic rings. The molecule has 1 amide bonds. The third kappa shape index (κ3) is 5.38. The summed E-state index contributed by atoms with van der Waals surface area (Å²) < 4.78 is 27.7. The van der Waals surface area contributed by atoms with Crippen molar-refractivity contribution in [2.24, 2.45) is 0 Å². The molecular weight excluding hydrogens is 472 g/mol. The van der Waals surface area contributed by atoms with Crippen LogP contribution in [-0.4, -0.2) is 72.5 Å². The second-order valence-electron chi connectivity index (χ2n) is 8.64. The van der Waals surface area contributed by atoms with Crippen molar-refractivity contribution in [2.75, 3.05) is 66.6 Å².